The first kappa shape index (κ1) is 23.6. The highest BCUT2D eigenvalue weighted by Crippen LogP contribution is 2.30. The van der Waals surface area contributed by atoms with Gasteiger partial charge in [-0.3, -0.25) is 4.79 Å². The van der Waals surface area contributed by atoms with Crippen molar-refractivity contribution in [1.29, 1.82) is 5.26 Å². The number of benzene rings is 1. The molecule has 2 rings (SSSR count). The molecule has 6 nitrogen and oxygen atoms in total. The highest BCUT2D eigenvalue weighted by atomic mass is 32.2. The molecule has 1 aliphatic rings. The fourth-order valence-electron chi connectivity index (χ4n) is 3.59. The molecule has 0 spiro atoms. The molecule has 0 radical (unpaired) electrons. The second kappa shape index (κ2) is 9.88. The summed E-state index contributed by atoms with van der Waals surface area (Å²) in [7, 11) is -3.59. The van der Waals surface area contributed by atoms with Crippen LogP contribution in [0.4, 0.5) is 0 Å². The molecule has 0 amide bonds. The monoisotopic (exact) mass is 428 g/mol. The van der Waals surface area contributed by atoms with Gasteiger partial charge < -0.3 is 5.11 Å². The summed E-state index contributed by atoms with van der Waals surface area (Å²) >= 11 is 0. The van der Waals surface area contributed by atoms with Gasteiger partial charge in [0.15, 0.2) is 0 Å². The fraction of sp³-hybridized carbons (Fsp3) is 0.391. The Morgan fingerprint density at radius 3 is 2.33 bits per heavy atom. The highest BCUT2D eigenvalue weighted by molar-refractivity contribution is 7.89. The first-order valence-electron chi connectivity index (χ1n) is 9.85. The van der Waals surface area contributed by atoms with Gasteiger partial charge in [0.1, 0.15) is 0 Å². The standard InChI is InChI=1S/C23H28N2O4S/c1-16(2)21(15-24)20(14-23(26)27)18(4)17(3)13-19-9-5-6-10-22(19)30(28,29)25-11-7-8-12-25/h5-6,9-10H,3,7-8,11-14H2,1-2,4H3,(H,26,27). The zero-order valence-corrected chi connectivity index (χ0v) is 18.6. The van der Waals surface area contributed by atoms with E-state index in [1.807, 2.05) is 0 Å². The van der Waals surface area contributed by atoms with Crippen LogP contribution < -0.4 is 0 Å². The third-order valence-corrected chi connectivity index (χ3v) is 7.28. The topological polar surface area (TPSA) is 98.5 Å². The maximum absolute atomic E-state index is 13.1. The lowest BCUT2D eigenvalue weighted by atomic mass is 9.90. The summed E-state index contributed by atoms with van der Waals surface area (Å²) in [6, 6.07) is 8.93. The van der Waals surface area contributed by atoms with Crippen LogP contribution in [0.3, 0.4) is 0 Å². The predicted molar refractivity (Wildman–Crippen MR) is 116 cm³/mol. The largest absolute Gasteiger partial charge is 0.481 e. The third kappa shape index (κ3) is 5.26. The Morgan fingerprint density at radius 2 is 1.80 bits per heavy atom. The van der Waals surface area contributed by atoms with Gasteiger partial charge in [-0.15, -0.1) is 0 Å². The molecule has 30 heavy (non-hydrogen) atoms. The molecule has 0 atom stereocenters. The van der Waals surface area contributed by atoms with E-state index in [9.17, 15) is 23.6 Å². The SMILES string of the molecule is C=C(Cc1ccccc1S(=O)(=O)N1CCCC1)C(C)=C(CC(=O)O)C(C#N)=C(C)C. The molecule has 0 saturated carbocycles. The molecule has 1 saturated heterocycles. The zero-order chi connectivity index (χ0) is 22.5. The van der Waals surface area contributed by atoms with Crippen LogP contribution in [-0.2, 0) is 21.2 Å². The Morgan fingerprint density at radius 1 is 1.20 bits per heavy atom. The van der Waals surface area contributed by atoms with Crippen molar-refractivity contribution >= 4 is 16.0 Å². The van der Waals surface area contributed by atoms with Gasteiger partial charge in [0, 0.05) is 13.1 Å². The van der Waals surface area contributed by atoms with Crippen molar-refractivity contribution in [1.82, 2.24) is 4.31 Å². The van der Waals surface area contributed by atoms with E-state index in [0.29, 0.717) is 40.9 Å². The van der Waals surface area contributed by atoms with Crippen LogP contribution in [0, 0.1) is 11.3 Å². The average Bonchev–Trinajstić information content (AvgIpc) is 3.22. The van der Waals surface area contributed by atoms with Crippen molar-refractivity contribution in [2.75, 3.05) is 13.1 Å². The highest BCUT2D eigenvalue weighted by Gasteiger charge is 2.29. The second-order valence-corrected chi connectivity index (χ2v) is 9.57. The predicted octanol–water partition coefficient (Wildman–Crippen LogP) is 4.22. The van der Waals surface area contributed by atoms with Gasteiger partial charge in [-0.05, 0) is 68.4 Å². The number of carboxylic acids is 1. The number of allylic oxidation sites excluding steroid dienone is 4. The molecule has 1 aromatic rings. The maximum atomic E-state index is 13.1. The van der Waals surface area contributed by atoms with Crippen molar-refractivity contribution in [2.24, 2.45) is 0 Å². The van der Waals surface area contributed by atoms with E-state index in [1.165, 1.54) is 4.31 Å². The minimum absolute atomic E-state index is 0.250. The summed E-state index contributed by atoms with van der Waals surface area (Å²) in [6.07, 6.45) is 1.66. The van der Waals surface area contributed by atoms with Crippen LogP contribution in [0.5, 0.6) is 0 Å². The zero-order valence-electron chi connectivity index (χ0n) is 17.7. The first-order valence-corrected chi connectivity index (χ1v) is 11.3. The number of nitrogens with zero attached hydrogens (tertiary/aromatic N) is 2. The van der Waals surface area contributed by atoms with Crippen LogP contribution in [0.2, 0.25) is 0 Å². The number of carbonyl (C=O) groups is 1. The van der Waals surface area contributed by atoms with Gasteiger partial charge in [0.25, 0.3) is 0 Å². The van der Waals surface area contributed by atoms with E-state index in [2.05, 4.69) is 12.6 Å². The molecule has 7 heteroatoms. The molecule has 0 bridgehead atoms. The Bertz CT molecular complexity index is 1050. The summed E-state index contributed by atoms with van der Waals surface area (Å²) in [4.78, 5) is 11.6. The van der Waals surface area contributed by atoms with Crippen molar-refractivity contribution in [3.8, 4) is 6.07 Å². The van der Waals surface area contributed by atoms with Gasteiger partial charge in [-0.25, -0.2) is 8.42 Å². The van der Waals surface area contributed by atoms with Gasteiger partial charge in [0.2, 0.25) is 10.0 Å². The van der Waals surface area contributed by atoms with Crippen LogP contribution in [-0.4, -0.2) is 36.9 Å². The Balaban J connectivity index is 2.46. The summed E-state index contributed by atoms with van der Waals surface area (Å²) in [5.74, 6) is -1.04. The quantitative estimate of drug-likeness (QED) is 0.494. The summed E-state index contributed by atoms with van der Waals surface area (Å²) < 4.78 is 27.7. The number of aliphatic carboxylic acids is 1. The molecular weight excluding hydrogens is 400 g/mol. The lowest BCUT2D eigenvalue weighted by Gasteiger charge is -2.19. The molecule has 1 aliphatic heterocycles. The van der Waals surface area contributed by atoms with Crippen LogP contribution >= 0.6 is 0 Å². The van der Waals surface area contributed by atoms with Gasteiger partial charge in [-0.1, -0.05) is 30.4 Å². The number of hydrogen-bond acceptors (Lipinski definition) is 4. The number of nitriles is 1. The number of hydrogen-bond donors (Lipinski definition) is 1. The minimum atomic E-state index is -3.59. The summed E-state index contributed by atoms with van der Waals surface area (Å²) in [6.45, 7) is 10.4. The smallest absolute Gasteiger partial charge is 0.307 e. The molecule has 0 aliphatic carbocycles. The Kier molecular flexibility index (Phi) is 7.77. The molecule has 0 unspecified atom stereocenters. The molecule has 1 heterocycles. The Labute approximate surface area is 178 Å². The van der Waals surface area contributed by atoms with Gasteiger partial charge in [-0.2, -0.15) is 9.57 Å². The summed E-state index contributed by atoms with van der Waals surface area (Å²) in [5, 5.41) is 18.8. The molecule has 1 aromatic carbocycles. The van der Waals surface area contributed by atoms with E-state index in [-0.39, 0.29) is 17.7 Å². The van der Waals surface area contributed by atoms with Crippen molar-refractivity contribution < 1.29 is 18.3 Å². The molecular formula is C23H28N2O4S. The summed E-state index contributed by atoms with van der Waals surface area (Å²) in [5.41, 5.74) is 3.26. The maximum Gasteiger partial charge on any atom is 0.307 e. The van der Waals surface area contributed by atoms with Crippen LogP contribution in [0.1, 0.15) is 45.6 Å². The van der Waals surface area contributed by atoms with Crippen molar-refractivity contribution in [3.05, 3.63) is 64.3 Å². The normalized spacial score (nSPS) is 15.3. The lowest BCUT2D eigenvalue weighted by molar-refractivity contribution is -0.136. The molecule has 1 N–H and O–H groups in total. The average molecular weight is 429 g/mol. The number of sulfonamides is 1. The molecule has 0 aromatic heterocycles. The minimum Gasteiger partial charge on any atom is -0.481 e. The van der Waals surface area contributed by atoms with E-state index in [1.54, 1.807) is 45.0 Å². The number of carboxylic acid groups (broad SMARTS) is 1. The van der Waals surface area contributed by atoms with E-state index in [4.69, 9.17) is 0 Å². The van der Waals surface area contributed by atoms with Crippen LogP contribution in [0.15, 0.2) is 63.6 Å². The fourth-order valence-corrected chi connectivity index (χ4v) is 5.32. The van der Waals surface area contributed by atoms with Crippen LogP contribution in [0.25, 0.3) is 0 Å². The third-order valence-electron chi connectivity index (χ3n) is 5.28. The van der Waals surface area contributed by atoms with Crippen molar-refractivity contribution in [3.63, 3.8) is 0 Å². The molecule has 1 fully saturated rings. The Hall–Kier alpha value is -2.69. The van der Waals surface area contributed by atoms with E-state index < -0.39 is 16.0 Å². The second-order valence-electron chi connectivity index (χ2n) is 7.66. The van der Waals surface area contributed by atoms with Gasteiger partial charge >= 0.3 is 5.97 Å². The van der Waals surface area contributed by atoms with Gasteiger partial charge in [0.05, 0.1) is 23.0 Å². The molecule has 160 valence electrons. The lowest BCUT2D eigenvalue weighted by Crippen LogP contribution is -2.28. The van der Waals surface area contributed by atoms with E-state index >= 15 is 0 Å². The van der Waals surface area contributed by atoms with Crippen molar-refractivity contribution in [2.45, 2.75) is 51.3 Å². The first-order chi connectivity index (χ1) is 14.1. The number of rotatable bonds is 8. The van der Waals surface area contributed by atoms with E-state index in [0.717, 1.165) is 18.4 Å².